The minimum absolute atomic E-state index is 0.0117. The fourth-order valence-electron chi connectivity index (χ4n) is 2.70. The first kappa shape index (κ1) is 16.3. The zero-order valence-corrected chi connectivity index (χ0v) is 13.2. The molecule has 7 heteroatoms. The number of nitrogens with one attached hydrogen (secondary N) is 1. The fourth-order valence-corrected chi connectivity index (χ4v) is 4.37. The highest BCUT2D eigenvalue weighted by atomic mass is 35.5. The van der Waals surface area contributed by atoms with Gasteiger partial charge in [-0.15, -0.1) is 0 Å². The van der Waals surface area contributed by atoms with Crippen molar-refractivity contribution in [2.45, 2.75) is 43.5 Å². The molecule has 2 rings (SSSR count). The van der Waals surface area contributed by atoms with E-state index in [1.807, 2.05) is 6.92 Å². The van der Waals surface area contributed by atoms with Crippen molar-refractivity contribution in [1.29, 1.82) is 0 Å². The third-order valence-corrected chi connectivity index (χ3v) is 5.80. The van der Waals surface area contributed by atoms with Crippen LogP contribution in [0.3, 0.4) is 0 Å². The zero-order chi connectivity index (χ0) is 15.6. The Hall–Kier alpha value is -1.11. The number of hydrogen-bond donors (Lipinski definition) is 2. The predicted octanol–water partition coefficient (Wildman–Crippen LogP) is 2.90. The molecule has 1 atom stereocenters. The van der Waals surface area contributed by atoms with Crippen molar-refractivity contribution in [1.82, 2.24) is 4.72 Å². The lowest BCUT2D eigenvalue weighted by Gasteiger charge is -2.20. The average Bonchev–Trinajstić information content (AvgIpc) is 2.91. The molecule has 0 spiro atoms. The third kappa shape index (κ3) is 3.75. The minimum atomic E-state index is -3.69. The lowest BCUT2D eigenvalue weighted by atomic mass is 10.0. The molecule has 0 heterocycles. The van der Waals surface area contributed by atoms with E-state index in [0.29, 0.717) is 5.92 Å². The summed E-state index contributed by atoms with van der Waals surface area (Å²) in [5.41, 5.74) is -0.112. The van der Waals surface area contributed by atoms with E-state index in [4.69, 9.17) is 16.7 Å². The molecule has 1 aliphatic carbocycles. The van der Waals surface area contributed by atoms with Gasteiger partial charge in [-0.3, -0.25) is 0 Å². The van der Waals surface area contributed by atoms with Crippen LogP contribution in [0.25, 0.3) is 0 Å². The van der Waals surface area contributed by atoms with Gasteiger partial charge in [0, 0.05) is 6.04 Å². The first-order valence-electron chi connectivity index (χ1n) is 6.86. The Morgan fingerprint density at radius 2 is 2.00 bits per heavy atom. The van der Waals surface area contributed by atoms with Gasteiger partial charge in [0.15, 0.2) is 0 Å². The second kappa shape index (κ2) is 6.34. The maximum atomic E-state index is 12.3. The number of hydrogen-bond acceptors (Lipinski definition) is 3. The van der Waals surface area contributed by atoms with E-state index in [2.05, 4.69) is 4.72 Å². The van der Waals surface area contributed by atoms with E-state index in [-0.39, 0.29) is 21.5 Å². The number of sulfonamides is 1. The molecule has 0 aromatic heterocycles. The monoisotopic (exact) mass is 331 g/mol. The van der Waals surface area contributed by atoms with E-state index in [0.717, 1.165) is 25.7 Å². The van der Waals surface area contributed by atoms with E-state index in [1.165, 1.54) is 18.2 Å². The number of aromatic carboxylic acids is 1. The summed E-state index contributed by atoms with van der Waals surface area (Å²) in [6.45, 7) is 1.86. The van der Waals surface area contributed by atoms with Crippen LogP contribution < -0.4 is 4.72 Å². The molecule has 5 nitrogen and oxygen atoms in total. The van der Waals surface area contributed by atoms with Crippen molar-refractivity contribution in [2.75, 3.05) is 0 Å². The van der Waals surface area contributed by atoms with Crippen molar-refractivity contribution < 1.29 is 18.3 Å². The number of carbonyl (C=O) groups is 1. The smallest absolute Gasteiger partial charge is 0.337 e. The Labute approximate surface area is 129 Å². The molecule has 1 fully saturated rings. The van der Waals surface area contributed by atoms with Crippen LogP contribution in [0.5, 0.6) is 0 Å². The average molecular weight is 332 g/mol. The predicted molar refractivity (Wildman–Crippen MR) is 80.2 cm³/mol. The molecule has 0 aliphatic heterocycles. The summed E-state index contributed by atoms with van der Waals surface area (Å²) in [7, 11) is -3.69. The number of carboxylic acids is 1. The van der Waals surface area contributed by atoms with Gasteiger partial charge in [-0.1, -0.05) is 24.4 Å². The maximum Gasteiger partial charge on any atom is 0.337 e. The van der Waals surface area contributed by atoms with Crippen LogP contribution in [-0.2, 0) is 10.0 Å². The van der Waals surface area contributed by atoms with Gasteiger partial charge < -0.3 is 5.11 Å². The summed E-state index contributed by atoms with van der Waals surface area (Å²) in [6.07, 6.45) is 4.33. The number of benzene rings is 1. The van der Waals surface area contributed by atoms with Gasteiger partial charge in [-0.05, 0) is 43.9 Å². The Morgan fingerprint density at radius 1 is 1.38 bits per heavy atom. The van der Waals surface area contributed by atoms with Crippen LogP contribution in [-0.4, -0.2) is 25.5 Å². The molecule has 1 aromatic carbocycles. The van der Waals surface area contributed by atoms with Crippen molar-refractivity contribution >= 4 is 27.6 Å². The molecule has 0 unspecified atom stereocenters. The molecule has 0 saturated heterocycles. The fraction of sp³-hybridized carbons (Fsp3) is 0.500. The summed E-state index contributed by atoms with van der Waals surface area (Å²) in [6, 6.07) is 3.50. The normalized spacial score (nSPS) is 17.8. The van der Waals surface area contributed by atoms with Gasteiger partial charge in [0.25, 0.3) is 0 Å². The lowest BCUT2D eigenvalue weighted by Crippen LogP contribution is -2.37. The second-order valence-corrected chi connectivity index (χ2v) is 7.52. The summed E-state index contributed by atoms with van der Waals surface area (Å²) in [4.78, 5) is 10.9. The number of carboxylic acid groups (broad SMARTS) is 1. The standard InChI is InChI=1S/C14H18ClNO4S/c1-9(10-4-2-3-5-10)16-21(19,20)11-6-7-12(14(17)18)13(15)8-11/h6-10,16H,2-5H2,1H3,(H,17,18)/t9-/m0/s1. The van der Waals surface area contributed by atoms with Crippen molar-refractivity contribution in [3.63, 3.8) is 0 Å². The van der Waals surface area contributed by atoms with Crippen LogP contribution in [0.4, 0.5) is 0 Å². The molecule has 0 radical (unpaired) electrons. The third-order valence-electron chi connectivity index (χ3n) is 3.93. The molecule has 116 valence electrons. The molecule has 1 aromatic rings. The highest BCUT2D eigenvalue weighted by Gasteiger charge is 2.26. The number of halogens is 1. The molecule has 1 aliphatic rings. The van der Waals surface area contributed by atoms with E-state index in [9.17, 15) is 13.2 Å². The SMILES string of the molecule is C[C@H](NS(=O)(=O)c1ccc(C(=O)O)c(Cl)c1)C1CCCC1. The van der Waals surface area contributed by atoms with Gasteiger partial charge in [0.05, 0.1) is 15.5 Å². The molecule has 2 N–H and O–H groups in total. The van der Waals surface area contributed by atoms with Gasteiger partial charge >= 0.3 is 5.97 Å². The number of rotatable bonds is 5. The summed E-state index contributed by atoms with van der Waals surface area (Å²) >= 11 is 5.82. The van der Waals surface area contributed by atoms with Crippen molar-refractivity contribution in [2.24, 2.45) is 5.92 Å². The molecule has 0 bridgehead atoms. The van der Waals surface area contributed by atoms with Crippen molar-refractivity contribution in [3.05, 3.63) is 28.8 Å². The maximum absolute atomic E-state index is 12.3. The molecule has 21 heavy (non-hydrogen) atoms. The van der Waals surface area contributed by atoms with E-state index < -0.39 is 16.0 Å². The van der Waals surface area contributed by atoms with Crippen LogP contribution in [0.1, 0.15) is 43.0 Å². The van der Waals surface area contributed by atoms with Gasteiger partial charge in [0.1, 0.15) is 0 Å². The van der Waals surface area contributed by atoms with E-state index >= 15 is 0 Å². The summed E-state index contributed by atoms with van der Waals surface area (Å²) < 4.78 is 27.3. The summed E-state index contributed by atoms with van der Waals surface area (Å²) in [5, 5.41) is 8.81. The molecule has 0 amide bonds. The van der Waals surface area contributed by atoms with Crippen LogP contribution >= 0.6 is 11.6 Å². The minimum Gasteiger partial charge on any atom is -0.478 e. The topological polar surface area (TPSA) is 83.5 Å². The Balaban J connectivity index is 2.19. The second-order valence-electron chi connectivity index (χ2n) is 5.40. The first-order valence-corrected chi connectivity index (χ1v) is 8.72. The van der Waals surface area contributed by atoms with Crippen molar-refractivity contribution in [3.8, 4) is 0 Å². The molecule has 1 saturated carbocycles. The quantitative estimate of drug-likeness (QED) is 0.869. The van der Waals surface area contributed by atoms with Crippen LogP contribution in [0.2, 0.25) is 5.02 Å². The Bertz CT molecular complexity index is 638. The summed E-state index contributed by atoms with van der Waals surface area (Å²) in [5.74, 6) is -0.829. The van der Waals surface area contributed by atoms with E-state index in [1.54, 1.807) is 0 Å². The highest BCUT2D eigenvalue weighted by molar-refractivity contribution is 7.89. The zero-order valence-electron chi connectivity index (χ0n) is 11.7. The van der Waals surface area contributed by atoms with Crippen LogP contribution in [0, 0.1) is 5.92 Å². The molecular weight excluding hydrogens is 314 g/mol. The molecular formula is C14H18ClNO4S. The van der Waals surface area contributed by atoms with Crippen LogP contribution in [0.15, 0.2) is 23.1 Å². The largest absolute Gasteiger partial charge is 0.478 e. The Morgan fingerprint density at radius 3 is 2.52 bits per heavy atom. The first-order chi connectivity index (χ1) is 9.81. The van der Waals surface area contributed by atoms with Gasteiger partial charge in [0.2, 0.25) is 10.0 Å². The van der Waals surface area contributed by atoms with Gasteiger partial charge in [-0.2, -0.15) is 0 Å². The Kier molecular flexibility index (Phi) is 4.91. The lowest BCUT2D eigenvalue weighted by molar-refractivity contribution is 0.0697. The van der Waals surface area contributed by atoms with Gasteiger partial charge in [-0.25, -0.2) is 17.9 Å². The highest BCUT2D eigenvalue weighted by Crippen LogP contribution is 2.28.